The molecule has 1 aliphatic heterocycles. The molecule has 1 N–H and O–H groups in total. The van der Waals surface area contributed by atoms with Gasteiger partial charge in [-0.25, -0.2) is 0 Å². The Bertz CT molecular complexity index is 508. The van der Waals surface area contributed by atoms with E-state index in [2.05, 4.69) is 15.1 Å². The van der Waals surface area contributed by atoms with Crippen LogP contribution in [0.3, 0.4) is 0 Å². The molecule has 0 unspecified atom stereocenters. The van der Waals surface area contributed by atoms with Crippen LogP contribution < -0.4 is 10.1 Å². The summed E-state index contributed by atoms with van der Waals surface area (Å²) in [5.41, 5.74) is 0. The molecule has 0 radical (unpaired) electrons. The predicted octanol–water partition coefficient (Wildman–Crippen LogP) is 1.10. The quantitative estimate of drug-likeness (QED) is 0.672. The molecule has 0 aliphatic carbocycles. The second-order valence-corrected chi connectivity index (χ2v) is 6.20. The summed E-state index contributed by atoms with van der Waals surface area (Å²) >= 11 is 5.93. The van der Waals surface area contributed by atoms with E-state index >= 15 is 0 Å². The number of nitrogens with one attached hydrogen (secondary N) is 1. The fourth-order valence-electron chi connectivity index (χ4n) is 2.57. The molecule has 0 saturated carbocycles. The minimum Gasteiger partial charge on any atom is -0.492 e. The first-order valence-corrected chi connectivity index (χ1v) is 8.64. The molecule has 24 heavy (non-hydrogen) atoms. The van der Waals surface area contributed by atoms with Crippen molar-refractivity contribution < 1.29 is 14.3 Å². The number of carbonyl (C=O) groups excluding carboxylic acids is 1. The van der Waals surface area contributed by atoms with E-state index in [4.69, 9.17) is 21.1 Å². The van der Waals surface area contributed by atoms with Gasteiger partial charge in [0.15, 0.2) is 0 Å². The van der Waals surface area contributed by atoms with Gasteiger partial charge in [0.05, 0.1) is 13.2 Å². The maximum absolute atomic E-state index is 11.8. The van der Waals surface area contributed by atoms with Crippen molar-refractivity contribution in [1.29, 1.82) is 0 Å². The van der Waals surface area contributed by atoms with Crippen molar-refractivity contribution in [1.82, 2.24) is 15.1 Å². The summed E-state index contributed by atoms with van der Waals surface area (Å²) in [4.78, 5) is 16.3. The van der Waals surface area contributed by atoms with E-state index in [1.165, 1.54) is 0 Å². The lowest BCUT2D eigenvalue weighted by Crippen LogP contribution is -2.50. The number of amides is 1. The Hall–Kier alpha value is -1.34. The smallest absolute Gasteiger partial charge is 0.234 e. The van der Waals surface area contributed by atoms with Crippen LogP contribution in [0.15, 0.2) is 24.3 Å². The Kier molecular flexibility index (Phi) is 8.32. The van der Waals surface area contributed by atoms with Gasteiger partial charge in [-0.05, 0) is 18.2 Å². The van der Waals surface area contributed by atoms with Crippen LogP contribution in [0, 0.1) is 0 Å². The molecule has 1 aliphatic rings. The monoisotopic (exact) mass is 355 g/mol. The van der Waals surface area contributed by atoms with Crippen molar-refractivity contribution in [3.8, 4) is 5.75 Å². The zero-order chi connectivity index (χ0) is 17.2. The maximum Gasteiger partial charge on any atom is 0.234 e. The standard InChI is InChI=1S/C17H26ClN3O3/c1-23-11-5-19-17(22)14-21-8-6-20(7-9-21)10-12-24-16-4-2-3-15(18)13-16/h2-4,13H,5-12,14H2,1H3,(H,19,22). The Morgan fingerprint density at radius 3 is 2.67 bits per heavy atom. The highest BCUT2D eigenvalue weighted by atomic mass is 35.5. The summed E-state index contributed by atoms with van der Waals surface area (Å²) in [6.45, 7) is 6.77. The van der Waals surface area contributed by atoms with Crippen molar-refractivity contribution in [2.75, 3.05) is 66.1 Å². The molecule has 7 heteroatoms. The summed E-state index contributed by atoms with van der Waals surface area (Å²) < 4.78 is 10.6. The van der Waals surface area contributed by atoms with Gasteiger partial charge in [-0.2, -0.15) is 0 Å². The van der Waals surface area contributed by atoms with Crippen LogP contribution in [0.25, 0.3) is 0 Å². The van der Waals surface area contributed by atoms with Gasteiger partial charge < -0.3 is 14.8 Å². The summed E-state index contributed by atoms with van der Waals surface area (Å²) in [6, 6.07) is 7.45. The van der Waals surface area contributed by atoms with E-state index in [1.807, 2.05) is 24.3 Å². The van der Waals surface area contributed by atoms with Crippen molar-refractivity contribution >= 4 is 17.5 Å². The molecule has 0 spiro atoms. The third-order valence-corrected chi connectivity index (χ3v) is 4.17. The van der Waals surface area contributed by atoms with Crippen LogP contribution in [-0.2, 0) is 9.53 Å². The SMILES string of the molecule is COCCNC(=O)CN1CCN(CCOc2cccc(Cl)c2)CC1. The van der Waals surface area contributed by atoms with Gasteiger partial charge in [0.2, 0.25) is 5.91 Å². The minimum atomic E-state index is 0.0600. The molecule has 0 aromatic heterocycles. The van der Waals surface area contributed by atoms with Crippen LogP contribution in [0.1, 0.15) is 0 Å². The Morgan fingerprint density at radius 1 is 1.21 bits per heavy atom. The first-order valence-electron chi connectivity index (χ1n) is 8.26. The molecule has 1 amide bonds. The van der Waals surface area contributed by atoms with Gasteiger partial charge in [0.25, 0.3) is 0 Å². The molecule has 0 bridgehead atoms. The zero-order valence-electron chi connectivity index (χ0n) is 14.2. The number of methoxy groups -OCH3 is 1. The first-order chi connectivity index (χ1) is 11.7. The van der Waals surface area contributed by atoms with Crippen molar-refractivity contribution in [2.45, 2.75) is 0 Å². The van der Waals surface area contributed by atoms with Crippen LogP contribution in [0.4, 0.5) is 0 Å². The van der Waals surface area contributed by atoms with Crippen LogP contribution in [0.5, 0.6) is 5.75 Å². The van der Waals surface area contributed by atoms with E-state index in [0.29, 0.717) is 31.3 Å². The van der Waals surface area contributed by atoms with Crippen molar-refractivity contribution in [3.05, 3.63) is 29.3 Å². The lowest BCUT2D eigenvalue weighted by Gasteiger charge is -2.34. The summed E-state index contributed by atoms with van der Waals surface area (Å²) in [6.07, 6.45) is 0. The number of nitrogens with zero attached hydrogens (tertiary/aromatic N) is 2. The normalized spacial score (nSPS) is 16.1. The highest BCUT2D eigenvalue weighted by Crippen LogP contribution is 2.17. The summed E-state index contributed by atoms with van der Waals surface area (Å²) in [7, 11) is 1.63. The highest BCUT2D eigenvalue weighted by Gasteiger charge is 2.18. The lowest BCUT2D eigenvalue weighted by molar-refractivity contribution is -0.122. The van der Waals surface area contributed by atoms with Gasteiger partial charge in [0.1, 0.15) is 12.4 Å². The van der Waals surface area contributed by atoms with Gasteiger partial charge in [-0.3, -0.25) is 14.6 Å². The molecular weight excluding hydrogens is 330 g/mol. The molecule has 1 aromatic carbocycles. The third-order valence-electron chi connectivity index (χ3n) is 3.93. The summed E-state index contributed by atoms with van der Waals surface area (Å²) in [5.74, 6) is 0.860. The molecule has 6 nitrogen and oxygen atoms in total. The molecule has 1 fully saturated rings. The Balaban J connectivity index is 1.58. The average Bonchev–Trinajstić information content (AvgIpc) is 2.57. The molecule has 1 heterocycles. The maximum atomic E-state index is 11.8. The van der Waals surface area contributed by atoms with E-state index in [1.54, 1.807) is 7.11 Å². The van der Waals surface area contributed by atoms with E-state index < -0.39 is 0 Å². The number of rotatable bonds is 9. The van der Waals surface area contributed by atoms with Crippen LogP contribution in [-0.4, -0.2) is 81.8 Å². The number of hydrogen-bond acceptors (Lipinski definition) is 5. The predicted molar refractivity (Wildman–Crippen MR) is 94.7 cm³/mol. The van der Waals surface area contributed by atoms with Crippen LogP contribution >= 0.6 is 11.6 Å². The average molecular weight is 356 g/mol. The van der Waals surface area contributed by atoms with E-state index in [0.717, 1.165) is 38.5 Å². The number of carbonyl (C=O) groups is 1. The number of ether oxygens (including phenoxy) is 2. The lowest BCUT2D eigenvalue weighted by atomic mass is 10.3. The van der Waals surface area contributed by atoms with Gasteiger partial charge in [-0.15, -0.1) is 0 Å². The molecule has 1 saturated heterocycles. The fourth-order valence-corrected chi connectivity index (χ4v) is 2.75. The fraction of sp³-hybridized carbons (Fsp3) is 0.588. The Labute approximate surface area is 148 Å². The molecule has 1 aromatic rings. The topological polar surface area (TPSA) is 54.0 Å². The first kappa shape index (κ1) is 19.0. The highest BCUT2D eigenvalue weighted by molar-refractivity contribution is 6.30. The number of benzene rings is 1. The molecular formula is C17H26ClN3O3. The number of hydrogen-bond donors (Lipinski definition) is 1. The van der Waals surface area contributed by atoms with Crippen molar-refractivity contribution in [3.63, 3.8) is 0 Å². The number of piperazine rings is 1. The number of halogens is 1. The van der Waals surface area contributed by atoms with Gasteiger partial charge in [-0.1, -0.05) is 17.7 Å². The zero-order valence-corrected chi connectivity index (χ0v) is 14.9. The van der Waals surface area contributed by atoms with Crippen LogP contribution in [0.2, 0.25) is 5.02 Å². The molecule has 0 atom stereocenters. The minimum absolute atomic E-state index is 0.0600. The van der Waals surface area contributed by atoms with Gasteiger partial charge in [0, 0.05) is 51.4 Å². The molecule has 134 valence electrons. The van der Waals surface area contributed by atoms with E-state index in [-0.39, 0.29) is 5.91 Å². The van der Waals surface area contributed by atoms with E-state index in [9.17, 15) is 4.79 Å². The third kappa shape index (κ3) is 7.05. The summed E-state index contributed by atoms with van der Waals surface area (Å²) in [5, 5.41) is 3.53. The molecule has 2 rings (SSSR count). The largest absolute Gasteiger partial charge is 0.492 e. The second kappa shape index (κ2) is 10.5. The Morgan fingerprint density at radius 2 is 1.96 bits per heavy atom. The van der Waals surface area contributed by atoms with Crippen molar-refractivity contribution in [2.24, 2.45) is 0 Å². The van der Waals surface area contributed by atoms with Gasteiger partial charge >= 0.3 is 0 Å². The second-order valence-electron chi connectivity index (χ2n) is 5.77.